The Hall–Kier alpha value is -0.120. The van der Waals surface area contributed by atoms with Crippen molar-refractivity contribution < 1.29 is 10.2 Å². The van der Waals surface area contributed by atoms with Gasteiger partial charge in [-0.25, -0.2) is 0 Å². The van der Waals surface area contributed by atoms with Crippen LogP contribution in [0.4, 0.5) is 0 Å². The van der Waals surface area contributed by atoms with Crippen molar-refractivity contribution in [3.05, 3.63) is 0 Å². The van der Waals surface area contributed by atoms with Crippen LogP contribution in [0, 0.1) is 0 Å². The normalized spacial score (nSPS) is 22.7. The van der Waals surface area contributed by atoms with Crippen molar-refractivity contribution in [2.75, 3.05) is 13.2 Å². The summed E-state index contributed by atoms with van der Waals surface area (Å²) in [5.74, 6) is 0. The lowest BCUT2D eigenvalue weighted by Crippen LogP contribution is -2.37. The number of hydrogen-bond acceptors (Lipinski definition) is 3. The molecule has 0 aliphatic heterocycles. The average molecular weight is 201 g/mol. The van der Waals surface area contributed by atoms with Crippen molar-refractivity contribution in [3.8, 4) is 0 Å². The number of aliphatic hydroxyl groups is 2. The van der Waals surface area contributed by atoms with Gasteiger partial charge in [-0.1, -0.05) is 32.1 Å². The second kappa shape index (κ2) is 7.21. The van der Waals surface area contributed by atoms with Crippen LogP contribution in [0.5, 0.6) is 0 Å². The fraction of sp³-hybridized carbons (Fsp3) is 1.00. The van der Waals surface area contributed by atoms with Gasteiger partial charge in [0.2, 0.25) is 0 Å². The van der Waals surface area contributed by atoms with Gasteiger partial charge in [0.1, 0.15) is 0 Å². The molecule has 1 rings (SSSR count). The quantitative estimate of drug-likeness (QED) is 0.637. The molecule has 3 N–H and O–H groups in total. The highest BCUT2D eigenvalue weighted by atomic mass is 16.3. The smallest absolute Gasteiger partial charge is 0.0895 e. The van der Waals surface area contributed by atoms with Gasteiger partial charge in [0.25, 0.3) is 0 Å². The van der Waals surface area contributed by atoms with Crippen LogP contribution in [0.25, 0.3) is 0 Å². The molecule has 0 bridgehead atoms. The molecule has 1 unspecified atom stereocenters. The molecule has 84 valence electrons. The third-order valence-electron chi connectivity index (χ3n) is 2.96. The summed E-state index contributed by atoms with van der Waals surface area (Å²) in [5.41, 5.74) is 0. The zero-order valence-electron chi connectivity index (χ0n) is 8.91. The first-order valence-electron chi connectivity index (χ1n) is 5.85. The van der Waals surface area contributed by atoms with Crippen LogP contribution in [0.1, 0.15) is 44.9 Å². The predicted molar refractivity (Wildman–Crippen MR) is 57.2 cm³/mol. The second-order valence-corrected chi connectivity index (χ2v) is 4.29. The molecule has 1 fully saturated rings. The van der Waals surface area contributed by atoms with Crippen LogP contribution in [0.3, 0.4) is 0 Å². The lowest BCUT2D eigenvalue weighted by atomic mass is 9.97. The third-order valence-corrected chi connectivity index (χ3v) is 2.96. The Morgan fingerprint density at radius 3 is 2.21 bits per heavy atom. The van der Waals surface area contributed by atoms with Crippen molar-refractivity contribution in [1.29, 1.82) is 0 Å². The summed E-state index contributed by atoms with van der Waals surface area (Å²) < 4.78 is 0. The first-order chi connectivity index (χ1) is 6.83. The zero-order chi connectivity index (χ0) is 10.2. The molecule has 1 aliphatic rings. The monoisotopic (exact) mass is 201 g/mol. The highest BCUT2D eigenvalue weighted by Gasteiger charge is 2.11. The summed E-state index contributed by atoms with van der Waals surface area (Å²) in [6.07, 6.45) is 8.52. The van der Waals surface area contributed by atoms with Crippen molar-refractivity contribution in [3.63, 3.8) is 0 Å². The standard InChI is InChI=1S/C11H23NO2/c13-9-11(14)8-12-10-6-4-2-1-3-5-7-10/h10-14H,1-9H2. The van der Waals surface area contributed by atoms with E-state index in [9.17, 15) is 5.11 Å². The van der Waals surface area contributed by atoms with E-state index in [-0.39, 0.29) is 6.61 Å². The molecule has 3 nitrogen and oxygen atoms in total. The fourth-order valence-corrected chi connectivity index (χ4v) is 2.03. The molecule has 0 amide bonds. The minimum absolute atomic E-state index is 0.139. The van der Waals surface area contributed by atoms with Gasteiger partial charge in [0.05, 0.1) is 12.7 Å². The Morgan fingerprint density at radius 1 is 1.07 bits per heavy atom. The highest BCUT2D eigenvalue weighted by molar-refractivity contribution is 4.71. The number of nitrogens with one attached hydrogen (secondary N) is 1. The molecule has 1 saturated carbocycles. The van der Waals surface area contributed by atoms with E-state index in [1.54, 1.807) is 0 Å². The lowest BCUT2D eigenvalue weighted by Gasteiger charge is -2.22. The van der Waals surface area contributed by atoms with Crippen LogP contribution < -0.4 is 5.32 Å². The average Bonchev–Trinajstić information content (AvgIpc) is 2.15. The maximum Gasteiger partial charge on any atom is 0.0895 e. The summed E-state index contributed by atoms with van der Waals surface area (Å²) in [6.45, 7) is 0.390. The molecule has 0 aromatic carbocycles. The lowest BCUT2D eigenvalue weighted by molar-refractivity contribution is 0.0908. The van der Waals surface area contributed by atoms with Gasteiger partial charge in [-0.3, -0.25) is 0 Å². The van der Waals surface area contributed by atoms with Crippen molar-refractivity contribution in [2.45, 2.75) is 57.1 Å². The van der Waals surface area contributed by atoms with E-state index in [0.29, 0.717) is 12.6 Å². The van der Waals surface area contributed by atoms with Gasteiger partial charge < -0.3 is 15.5 Å². The molecule has 0 heterocycles. The molecule has 0 radical (unpaired) electrons. The van der Waals surface area contributed by atoms with Gasteiger partial charge in [-0.15, -0.1) is 0 Å². The molecule has 0 aromatic rings. The molecule has 0 spiro atoms. The minimum Gasteiger partial charge on any atom is -0.394 e. The Labute approximate surface area is 86.5 Å². The van der Waals surface area contributed by atoms with E-state index in [1.165, 1.54) is 44.9 Å². The Bertz CT molecular complexity index is 133. The van der Waals surface area contributed by atoms with Gasteiger partial charge >= 0.3 is 0 Å². The van der Waals surface area contributed by atoms with Crippen molar-refractivity contribution in [1.82, 2.24) is 5.32 Å². The summed E-state index contributed by atoms with van der Waals surface area (Å²) in [6, 6.07) is 0.552. The van der Waals surface area contributed by atoms with Crippen LogP contribution in [0.2, 0.25) is 0 Å². The topological polar surface area (TPSA) is 52.5 Å². The molecular weight excluding hydrogens is 178 g/mol. The van der Waals surface area contributed by atoms with Gasteiger partial charge in [0, 0.05) is 12.6 Å². The summed E-state index contributed by atoms with van der Waals surface area (Å²) in [5, 5.41) is 21.2. The first kappa shape index (κ1) is 12.0. The summed E-state index contributed by atoms with van der Waals surface area (Å²) in [4.78, 5) is 0. The van der Waals surface area contributed by atoms with E-state index in [2.05, 4.69) is 5.32 Å². The van der Waals surface area contributed by atoms with E-state index in [4.69, 9.17) is 5.11 Å². The van der Waals surface area contributed by atoms with Crippen LogP contribution >= 0.6 is 0 Å². The maximum atomic E-state index is 9.20. The first-order valence-corrected chi connectivity index (χ1v) is 5.85. The maximum absolute atomic E-state index is 9.20. The van der Waals surface area contributed by atoms with Gasteiger partial charge in [-0.2, -0.15) is 0 Å². The minimum atomic E-state index is -0.597. The van der Waals surface area contributed by atoms with Crippen molar-refractivity contribution >= 4 is 0 Å². The van der Waals surface area contributed by atoms with Crippen LogP contribution in [0.15, 0.2) is 0 Å². The number of aliphatic hydroxyl groups excluding tert-OH is 2. The third kappa shape index (κ3) is 4.94. The van der Waals surface area contributed by atoms with E-state index < -0.39 is 6.10 Å². The van der Waals surface area contributed by atoms with Crippen LogP contribution in [-0.4, -0.2) is 35.5 Å². The molecule has 1 atom stereocenters. The SMILES string of the molecule is OCC(O)CNC1CCCCCCC1. The zero-order valence-corrected chi connectivity index (χ0v) is 8.91. The van der Waals surface area contributed by atoms with E-state index >= 15 is 0 Å². The van der Waals surface area contributed by atoms with E-state index in [0.717, 1.165) is 0 Å². The van der Waals surface area contributed by atoms with Gasteiger partial charge in [-0.05, 0) is 12.8 Å². The van der Waals surface area contributed by atoms with E-state index in [1.807, 2.05) is 0 Å². The highest BCUT2D eigenvalue weighted by Crippen LogP contribution is 2.16. The second-order valence-electron chi connectivity index (χ2n) is 4.29. The van der Waals surface area contributed by atoms with Crippen LogP contribution in [-0.2, 0) is 0 Å². The number of hydrogen-bond donors (Lipinski definition) is 3. The summed E-state index contributed by atoms with van der Waals surface area (Å²) in [7, 11) is 0. The van der Waals surface area contributed by atoms with Crippen molar-refractivity contribution in [2.24, 2.45) is 0 Å². The predicted octanol–water partition coefficient (Wildman–Crippen LogP) is 1.04. The molecule has 0 aromatic heterocycles. The Balaban J connectivity index is 2.13. The van der Waals surface area contributed by atoms with Gasteiger partial charge in [0.15, 0.2) is 0 Å². The Morgan fingerprint density at radius 2 is 1.64 bits per heavy atom. The molecule has 1 aliphatic carbocycles. The summed E-state index contributed by atoms with van der Waals surface area (Å²) >= 11 is 0. The molecule has 3 heteroatoms. The fourth-order valence-electron chi connectivity index (χ4n) is 2.03. The largest absolute Gasteiger partial charge is 0.394 e. The molecule has 14 heavy (non-hydrogen) atoms. The Kier molecular flexibility index (Phi) is 6.15. The molecule has 0 saturated heterocycles. The molecular formula is C11H23NO2. The number of rotatable bonds is 4.